The highest BCUT2D eigenvalue weighted by Crippen LogP contribution is 2.29. The quantitative estimate of drug-likeness (QED) is 0.0282. The minimum atomic E-state index is -1.31. The van der Waals surface area contributed by atoms with E-state index in [1.54, 1.807) is 6.92 Å². The second-order valence-corrected chi connectivity index (χ2v) is 16.9. The van der Waals surface area contributed by atoms with Gasteiger partial charge in [0.15, 0.2) is 30.9 Å². The molecular weight excluding hydrogens is 991 g/mol. The molecule has 0 aliphatic carbocycles. The number of rotatable bonds is 31. The molecule has 28 nitrogen and oxygen atoms in total. The lowest BCUT2D eigenvalue weighted by atomic mass is 9.95. The van der Waals surface area contributed by atoms with E-state index in [2.05, 4.69) is 26.6 Å². The van der Waals surface area contributed by atoms with E-state index in [9.17, 15) is 52.7 Å². The van der Waals surface area contributed by atoms with Crippen molar-refractivity contribution in [2.24, 2.45) is 5.92 Å². The number of ether oxygens (including phenoxy) is 12. The average molecular weight is 1060 g/mol. The third kappa shape index (κ3) is 25.2. The van der Waals surface area contributed by atoms with Crippen molar-refractivity contribution in [1.82, 2.24) is 26.6 Å². The van der Waals surface area contributed by atoms with Gasteiger partial charge in [0, 0.05) is 81.3 Å². The van der Waals surface area contributed by atoms with Crippen LogP contribution in [0, 0.1) is 5.92 Å². The summed E-state index contributed by atoms with van der Waals surface area (Å²) in [7, 11) is 0. The van der Waals surface area contributed by atoms with E-state index in [4.69, 9.17) is 56.8 Å². The lowest BCUT2D eigenvalue weighted by Gasteiger charge is -2.44. The molecule has 2 heterocycles. The Hall–Kier alpha value is -6.07. The zero-order valence-electron chi connectivity index (χ0n) is 43.3. The van der Waals surface area contributed by atoms with Gasteiger partial charge in [-0.15, -0.1) is 0 Å². The van der Waals surface area contributed by atoms with Crippen molar-refractivity contribution < 1.29 is 110 Å². The molecule has 2 rings (SSSR count). The Morgan fingerprint density at radius 3 is 1.54 bits per heavy atom. The molecule has 2 aliphatic heterocycles. The van der Waals surface area contributed by atoms with E-state index < -0.39 is 139 Å². The summed E-state index contributed by atoms with van der Waals surface area (Å²) in [5.74, 6) is -7.62. The molecule has 74 heavy (non-hydrogen) atoms. The molecule has 5 amide bonds. The zero-order chi connectivity index (χ0) is 55.3. The number of hydrogen-bond acceptors (Lipinski definition) is 23. The summed E-state index contributed by atoms with van der Waals surface area (Å²) < 4.78 is 66.8. The number of carbonyl (C=O) groups excluding carboxylic acids is 11. The van der Waals surface area contributed by atoms with Gasteiger partial charge >= 0.3 is 35.8 Å². The van der Waals surface area contributed by atoms with Gasteiger partial charge in [0.1, 0.15) is 36.9 Å². The summed E-state index contributed by atoms with van der Waals surface area (Å²) in [5, 5.41) is 13.2. The Labute approximate surface area is 428 Å². The third-order valence-corrected chi connectivity index (χ3v) is 10.4. The van der Waals surface area contributed by atoms with E-state index in [1.807, 2.05) is 0 Å². The topological polar surface area (TPSA) is 359 Å². The van der Waals surface area contributed by atoms with Gasteiger partial charge in [-0.2, -0.15) is 0 Å². The Balaban J connectivity index is 1.91. The van der Waals surface area contributed by atoms with Gasteiger partial charge in [0.2, 0.25) is 29.5 Å². The minimum absolute atomic E-state index is 0.0112. The molecular formula is C46H73N5O23. The maximum Gasteiger partial charge on any atom is 0.303 e. The monoisotopic (exact) mass is 1060 g/mol. The predicted molar refractivity (Wildman–Crippen MR) is 248 cm³/mol. The van der Waals surface area contributed by atoms with E-state index in [-0.39, 0.29) is 85.2 Å². The normalized spacial score (nSPS) is 23.7. The van der Waals surface area contributed by atoms with Crippen molar-refractivity contribution >= 4 is 65.4 Å². The second-order valence-electron chi connectivity index (χ2n) is 16.9. The van der Waals surface area contributed by atoms with Gasteiger partial charge in [-0.1, -0.05) is 6.92 Å². The van der Waals surface area contributed by atoms with Gasteiger partial charge in [0.05, 0.1) is 58.8 Å². The molecule has 5 N–H and O–H groups in total. The molecule has 0 aromatic rings. The molecule has 0 radical (unpaired) electrons. The van der Waals surface area contributed by atoms with Crippen molar-refractivity contribution in [2.45, 2.75) is 149 Å². The highest BCUT2D eigenvalue weighted by Gasteiger charge is 2.52. The second kappa shape index (κ2) is 34.4. The third-order valence-electron chi connectivity index (χ3n) is 10.4. The fraction of sp³-hybridized carbons (Fsp3) is 0.761. The molecule has 2 saturated heterocycles. The maximum absolute atomic E-state index is 13.2. The summed E-state index contributed by atoms with van der Waals surface area (Å²) in [5.41, 5.74) is 0. The van der Waals surface area contributed by atoms with Gasteiger partial charge < -0.3 is 83.4 Å². The first-order valence-electron chi connectivity index (χ1n) is 24.0. The van der Waals surface area contributed by atoms with E-state index in [0.29, 0.717) is 6.42 Å². The summed E-state index contributed by atoms with van der Waals surface area (Å²) >= 11 is 0. The van der Waals surface area contributed by atoms with Crippen molar-refractivity contribution in [2.75, 3.05) is 72.6 Å². The van der Waals surface area contributed by atoms with Crippen molar-refractivity contribution in [3.63, 3.8) is 0 Å². The summed E-state index contributed by atoms with van der Waals surface area (Å²) in [6.07, 6.45) is -8.38. The molecule has 0 bridgehead atoms. The summed E-state index contributed by atoms with van der Waals surface area (Å²) in [4.78, 5) is 135. The van der Waals surface area contributed by atoms with Crippen LogP contribution in [-0.4, -0.2) is 199 Å². The van der Waals surface area contributed by atoms with Crippen LogP contribution in [0.2, 0.25) is 0 Å². The Morgan fingerprint density at radius 2 is 1.01 bits per heavy atom. The van der Waals surface area contributed by atoms with Crippen LogP contribution in [-0.2, 0) is 110 Å². The van der Waals surface area contributed by atoms with Crippen LogP contribution >= 0.6 is 0 Å². The lowest BCUT2D eigenvalue weighted by molar-refractivity contribution is -0.279. The van der Waals surface area contributed by atoms with E-state index in [1.165, 1.54) is 20.8 Å². The summed E-state index contributed by atoms with van der Waals surface area (Å²) in [6.45, 7) is 9.86. The first kappa shape index (κ1) is 64.0. The number of esters is 6. The molecule has 0 aromatic carbocycles. The van der Waals surface area contributed by atoms with E-state index >= 15 is 0 Å². The molecule has 28 heteroatoms. The van der Waals surface area contributed by atoms with Gasteiger partial charge in [-0.3, -0.25) is 52.7 Å². The fourth-order valence-electron chi connectivity index (χ4n) is 7.48. The lowest BCUT2D eigenvalue weighted by Crippen LogP contribution is -2.66. The number of hydrogen-bond donors (Lipinski definition) is 5. The molecule has 2 fully saturated rings. The van der Waals surface area contributed by atoms with Crippen LogP contribution in [0.4, 0.5) is 0 Å². The maximum atomic E-state index is 13.2. The number of nitrogens with one attached hydrogen (secondary N) is 5. The molecule has 0 saturated carbocycles. The SMILES string of the molecule is CCCC(=O)NC(CCC(=O)NCCOCCOC1OCC(COC(C)=O)C(OC(C)=O)C(OC(C)=O)C1NC(C)=O)C(=O)NCCOCCOC1OC(COC(C)=O)C(OC(C)=O)C(OC(C)=O)C1NC(C)=O. The van der Waals surface area contributed by atoms with Crippen LogP contribution in [0.25, 0.3) is 0 Å². The van der Waals surface area contributed by atoms with Gasteiger partial charge in [-0.25, -0.2) is 0 Å². The van der Waals surface area contributed by atoms with Crippen LogP contribution in [0.15, 0.2) is 0 Å². The zero-order valence-corrected chi connectivity index (χ0v) is 43.3. The van der Waals surface area contributed by atoms with Crippen molar-refractivity contribution in [1.29, 1.82) is 0 Å². The van der Waals surface area contributed by atoms with Crippen LogP contribution in [0.3, 0.4) is 0 Å². The Morgan fingerprint density at radius 1 is 0.527 bits per heavy atom. The molecule has 0 spiro atoms. The van der Waals surface area contributed by atoms with Gasteiger partial charge in [-0.05, 0) is 12.8 Å². The standard InChI is InChI=1S/C46H73N5O23/c1-10-11-37(61)51-34(44(62)48-15-17-64-19-21-66-46-39(50-26(3)53)43(73-32(9)59)41(71-30(7)57)35(74-46)24-68-28(5)55)12-13-36(60)47-14-16-63-18-20-65-45-38(49-25(2)52)42(72-31(8)58)40(70-29(6)56)33(23-69-45)22-67-27(4)54/h33-35,38-43,45-46H,10-24H2,1-9H3,(H,47,60)(H,48,62)(H,49,52)(H,50,53)(H,51,61). The van der Waals surface area contributed by atoms with Crippen LogP contribution in [0.5, 0.6) is 0 Å². The first-order chi connectivity index (χ1) is 35.0. The predicted octanol–water partition coefficient (Wildman–Crippen LogP) is -2.09. The van der Waals surface area contributed by atoms with Crippen LogP contribution in [0.1, 0.15) is 88.0 Å². The molecule has 11 unspecified atom stereocenters. The van der Waals surface area contributed by atoms with Crippen molar-refractivity contribution in [3.8, 4) is 0 Å². The minimum Gasteiger partial charge on any atom is -0.465 e. The van der Waals surface area contributed by atoms with E-state index in [0.717, 1.165) is 34.6 Å². The highest BCUT2D eigenvalue weighted by atomic mass is 16.7. The highest BCUT2D eigenvalue weighted by molar-refractivity contribution is 5.88. The fourth-order valence-corrected chi connectivity index (χ4v) is 7.48. The number of carbonyl (C=O) groups is 11. The molecule has 420 valence electrons. The molecule has 2 aliphatic rings. The summed E-state index contributed by atoms with van der Waals surface area (Å²) in [6, 6.07) is -3.42. The van der Waals surface area contributed by atoms with Crippen molar-refractivity contribution in [3.05, 3.63) is 0 Å². The Kier molecular flexibility index (Phi) is 29.8. The molecule has 0 aromatic heterocycles. The largest absolute Gasteiger partial charge is 0.465 e. The van der Waals surface area contributed by atoms with Gasteiger partial charge in [0.25, 0.3) is 0 Å². The first-order valence-corrected chi connectivity index (χ1v) is 24.0. The smallest absolute Gasteiger partial charge is 0.303 e. The van der Waals surface area contributed by atoms with Crippen LogP contribution < -0.4 is 26.6 Å². The molecule has 11 atom stereocenters. The average Bonchev–Trinajstić information content (AvgIpc) is 3.41. The number of amides is 5. The Bertz CT molecular complexity index is 1890.